The average Bonchev–Trinajstić information content (AvgIpc) is 1.88. The van der Waals surface area contributed by atoms with Crippen molar-refractivity contribution in [2.75, 3.05) is 12.5 Å². The van der Waals surface area contributed by atoms with E-state index in [1.807, 2.05) is 0 Å². The van der Waals surface area contributed by atoms with Crippen molar-refractivity contribution in [2.45, 2.75) is 11.8 Å². The summed E-state index contributed by atoms with van der Waals surface area (Å²) in [5, 5.41) is 0. The highest BCUT2D eigenvalue weighted by atomic mass is 32.2. The van der Waals surface area contributed by atoms with Gasteiger partial charge in [-0.3, -0.25) is 0 Å². The molecule has 56 valence electrons. The van der Waals surface area contributed by atoms with Crippen molar-refractivity contribution >= 4 is 10.9 Å². The molecule has 0 nitrogen and oxygen atoms in total. The second-order valence-electron chi connectivity index (χ2n) is 2.73. The molecule has 1 rings (SSSR count). The van der Waals surface area contributed by atoms with Crippen LogP contribution in [0.15, 0.2) is 29.2 Å². The Kier molecular flexibility index (Phi) is 2.39. The van der Waals surface area contributed by atoms with Gasteiger partial charge < -0.3 is 0 Å². The lowest BCUT2D eigenvalue weighted by atomic mass is 10.2. The summed E-state index contributed by atoms with van der Waals surface area (Å²) < 4.78 is 0. The molecule has 1 aromatic carbocycles. The second kappa shape index (κ2) is 3.11. The minimum Gasteiger partial charge on any atom is -0.233 e. The summed E-state index contributed by atoms with van der Waals surface area (Å²) >= 11 is 0. The van der Waals surface area contributed by atoms with Crippen LogP contribution in [-0.2, 0) is 0 Å². The SMILES string of the molecule is Cc1ccc([SH](C)C)cc1. The number of rotatable bonds is 1. The lowest BCUT2D eigenvalue weighted by Crippen LogP contribution is -1.77. The van der Waals surface area contributed by atoms with Crippen LogP contribution in [0.2, 0.25) is 0 Å². The first-order valence-electron chi connectivity index (χ1n) is 3.44. The van der Waals surface area contributed by atoms with Crippen LogP contribution in [0.25, 0.3) is 0 Å². The van der Waals surface area contributed by atoms with Crippen LogP contribution in [-0.4, -0.2) is 12.5 Å². The van der Waals surface area contributed by atoms with Gasteiger partial charge in [0.15, 0.2) is 0 Å². The summed E-state index contributed by atoms with van der Waals surface area (Å²) in [5.74, 6) is 0. The van der Waals surface area contributed by atoms with E-state index >= 15 is 0 Å². The summed E-state index contributed by atoms with van der Waals surface area (Å²) in [7, 11) is 0.0920. The third kappa shape index (κ3) is 1.77. The molecular weight excluding hydrogens is 140 g/mol. The first-order chi connectivity index (χ1) is 4.70. The first kappa shape index (κ1) is 7.67. The Morgan fingerprint density at radius 3 is 1.90 bits per heavy atom. The smallest absolute Gasteiger partial charge is 0.0130 e. The van der Waals surface area contributed by atoms with E-state index in [-0.39, 0.29) is 10.9 Å². The zero-order valence-corrected chi connectivity index (χ0v) is 7.65. The highest BCUT2D eigenvalue weighted by molar-refractivity contribution is 8.15. The van der Waals surface area contributed by atoms with E-state index in [4.69, 9.17) is 0 Å². The Balaban J connectivity index is 2.89. The molecule has 0 radical (unpaired) electrons. The Bertz CT molecular complexity index is 198. The van der Waals surface area contributed by atoms with Crippen LogP contribution in [0.5, 0.6) is 0 Å². The molecule has 0 unspecified atom stereocenters. The number of benzene rings is 1. The Morgan fingerprint density at radius 1 is 1.00 bits per heavy atom. The summed E-state index contributed by atoms with van der Waals surface area (Å²) in [5.41, 5.74) is 1.35. The number of hydrogen-bond acceptors (Lipinski definition) is 0. The number of aryl methyl sites for hydroxylation is 1. The molecule has 0 aliphatic carbocycles. The lowest BCUT2D eigenvalue weighted by Gasteiger charge is -2.08. The molecule has 0 fully saturated rings. The minimum absolute atomic E-state index is 0.0920. The van der Waals surface area contributed by atoms with Gasteiger partial charge in [0.1, 0.15) is 0 Å². The van der Waals surface area contributed by atoms with Gasteiger partial charge in [-0.15, -0.1) is 0 Å². The normalized spacial score (nSPS) is 11.3. The van der Waals surface area contributed by atoms with Gasteiger partial charge in [-0.1, -0.05) is 29.8 Å². The standard InChI is InChI=1S/C9H14S/c1-8-4-6-9(7-5-8)10(2)3/h4-7,10H,1-3H3. The second-order valence-corrected chi connectivity index (χ2v) is 5.04. The highest BCUT2D eigenvalue weighted by Gasteiger charge is 1.91. The van der Waals surface area contributed by atoms with Crippen LogP contribution in [0.4, 0.5) is 0 Å². The topological polar surface area (TPSA) is 0 Å². The molecule has 0 atom stereocenters. The van der Waals surface area contributed by atoms with E-state index in [2.05, 4.69) is 43.7 Å². The van der Waals surface area contributed by atoms with Gasteiger partial charge in [-0.2, -0.15) is 0 Å². The maximum Gasteiger partial charge on any atom is -0.0130 e. The van der Waals surface area contributed by atoms with Gasteiger partial charge in [0, 0.05) is 0 Å². The molecule has 0 amide bonds. The molecule has 1 heteroatoms. The fraction of sp³-hybridized carbons (Fsp3) is 0.333. The molecule has 0 aliphatic heterocycles. The van der Waals surface area contributed by atoms with Crippen molar-refractivity contribution < 1.29 is 0 Å². The van der Waals surface area contributed by atoms with E-state index in [1.165, 1.54) is 10.5 Å². The third-order valence-electron chi connectivity index (χ3n) is 1.55. The quantitative estimate of drug-likeness (QED) is 0.591. The number of hydrogen-bond donors (Lipinski definition) is 1. The lowest BCUT2D eigenvalue weighted by molar-refractivity contribution is 1.37. The summed E-state index contributed by atoms with van der Waals surface area (Å²) in [6, 6.07) is 8.80. The van der Waals surface area contributed by atoms with Gasteiger partial charge in [0.05, 0.1) is 0 Å². The maximum absolute atomic E-state index is 2.28. The molecule has 0 N–H and O–H groups in total. The summed E-state index contributed by atoms with van der Waals surface area (Å²) in [6.45, 7) is 2.12. The van der Waals surface area contributed by atoms with E-state index in [1.54, 1.807) is 0 Å². The van der Waals surface area contributed by atoms with Crippen molar-refractivity contribution in [3.05, 3.63) is 29.8 Å². The molecular formula is C9H14S. The molecule has 10 heavy (non-hydrogen) atoms. The summed E-state index contributed by atoms with van der Waals surface area (Å²) in [6.07, 6.45) is 4.56. The Hall–Kier alpha value is -0.430. The van der Waals surface area contributed by atoms with Gasteiger partial charge in [0.2, 0.25) is 0 Å². The van der Waals surface area contributed by atoms with Crippen LogP contribution < -0.4 is 0 Å². The van der Waals surface area contributed by atoms with Crippen molar-refractivity contribution in [3.63, 3.8) is 0 Å². The van der Waals surface area contributed by atoms with Gasteiger partial charge in [-0.25, -0.2) is 10.9 Å². The molecule has 0 heterocycles. The van der Waals surface area contributed by atoms with Crippen molar-refractivity contribution in [1.82, 2.24) is 0 Å². The van der Waals surface area contributed by atoms with Gasteiger partial charge in [-0.05, 0) is 24.3 Å². The van der Waals surface area contributed by atoms with Gasteiger partial charge in [0.25, 0.3) is 0 Å². The molecule has 0 spiro atoms. The van der Waals surface area contributed by atoms with E-state index in [9.17, 15) is 0 Å². The zero-order valence-electron chi connectivity index (χ0n) is 6.76. The summed E-state index contributed by atoms with van der Waals surface area (Å²) in [4.78, 5) is 1.49. The number of thiol groups is 1. The zero-order chi connectivity index (χ0) is 7.56. The van der Waals surface area contributed by atoms with E-state index in [0.717, 1.165) is 0 Å². The van der Waals surface area contributed by atoms with Crippen LogP contribution in [0.1, 0.15) is 5.56 Å². The predicted molar refractivity (Wildman–Crippen MR) is 50.3 cm³/mol. The molecule has 0 aliphatic rings. The van der Waals surface area contributed by atoms with Crippen molar-refractivity contribution in [1.29, 1.82) is 0 Å². The minimum atomic E-state index is 0.0920. The van der Waals surface area contributed by atoms with E-state index in [0.29, 0.717) is 0 Å². The molecule has 0 saturated carbocycles. The monoisotopic (exact) mass is 154 g/mol. The average molecular weight is 154 g/mol. The van der Waals surface area contributed by atoms with Crippen LogP contribution in [0.3, 0.4) is 0 Å². The largest absolute Gasteiger partial charge is 0.233 e. The molecule has 0 saturated heterocycles. The third-order valence-corrected chi connectivity index (χ3v) is 2.88. The maximum atomic E-state index is 2.28. The fourth-order valence-electron chi connectivity index (χ4n) is 0.843. The molecule has 1 aromatic rings. The first-order valence-corrected chi connectivity index (χ1v) is 5.68. The Labute approximate surface area is 65.6 Å². The molecule has 0 aromatic heterocycles. The Morgan fingerprint density at radius 2 is 1.50 bits per heavy atom. The predicted octanol–water partition coefficient (Wildman–Crippen LogP) is 2.61. The van der Waals surface area contributed by atoms with Crippen LogP contribution >= 0.6 is 10.9 Å². The van der Waals surface area contributed by atoms with Crippen molar-refractivity contribution in [2.24, 2.45) is 0 Å². The molecule has 0 bridgehead atoms. The van der Waals surface area contributed by atoms with E-state index < -0.39 is 0 Å². The van der Waals surface area contributed by atoms with Crippen LogP contribution in [0, 0.1) is 6.92 Å². The van der Waals surface area contributed by atoms with Crippen molar-refractivity contribution in [3.8, 4) is 0 Å². The fourth-order valence-corrected chi connectivity index (χ4v) is 1.59. The van der Waals surface area contributed by atoms with Gasteiger partial charge >= 0.3 is 0 Å². The highest BCUT2D eigenvalue weighted by Crippen LogP contribution is 2.27.